The van der Waals surface area contributed by atoms with Gasteiger partial charge in [-0.2, -0.15) is 5.06 Å². The molecule has 1 amide bonds. The molecule has 0 unspecified atom stereocenters. The van der Waals surface area contributed by atoms with E-state index in [0.29, 0.717) is 18.5 Å². The standard InChI is InChI=1S/C26H26N2O6/c1-31-24(29)23(22-15-10-18-32-22)27-34-26(16-8-9-17-26)25(30)28(21-13-6-3-7-14-21)33-19-20-11-4-2-5-12-20/h2-7,10-15,18H,8-9,16-17,19H2,1H3/b27-23-. The SMILES string of the molecule is COC(=O)/C(=N\OC1(C(=O)N(OCc2ccccc2)c2ccccc2)CCCC1)c1ccco1. The van der Waals surface area contributed by atoms with Crippen molar-refractivity contribution < 1.29 is 28.4 Å². The van der Waals surface area contributed by atoms with Gasteiger partial charge in [0.1, 0.15) is 6.61 Å². The molecule has 0 aliphatic heterocycles. The molecular weight excluding hydrogens is 436 g/mol. The van der Waals surface area contributed by atoms with Gasteiger partial charge in [-0.15, -0.1) is 0 Å². The lowest BCUT2D eigenvalue weighted by Crippen LogP contribution is -2.49. The molecule has 176 valence electrons. The van der Waals surface area contributed by atoms with E-state index in [2.05, 4.69) is 5.16 Å². The number of para-hydroxylation sites is 1. The number of ether oxygens (including phenoxy) is 1. The number of esters is 1. The molecule has 1 saturated carbocycles. The molecule has 0 N–H and O–H groups in total. The van der Waals surface area contributed by atoms with Crippen LogP contribution in [0.1, 0.15) is 37.0 Å². The van der Waals surface area contributed by atoms with Crippen molar-refractivity contribution in [1.82, 2.24) is 0 Å². The van der Waals surface area contributed by atoms with Crippen LogP contribution in [0, 0.1) is 0 Å². The van der Waals surface area contributed by atoms with E-state index in [1.54, 1.807) is 24.3 Å². The Hall–Kier alpha value is -3.91. The smallest absolute Gasteiger partial charge is 0.364 e. The minimum atomic E-state index is -1.29. The summed E-state index contributed by atoms with van der Waals surface area (Å²) in [7, 11) is 1.24. The number of rotatable bonds is 9. The molecule has 3 aromatic rings. The van der Waals surface area contributed by atoms with Gasteiger partial charge in [0.05, 0.1) is 19.1 Å². The molecular formula is C26H26N2O6. The highest BCUT2D eigenvalue weighted by Gasteiger charge is 2.48. The summed E-state index contributed by atoms with van der Waals surface area (Å²) in [6.45, 7) is 0.195. The van der Waals surface area contributed by atoms with Gasteiger partial charge in [-0.1, -0.05) is 53.7 Å². The van der Waals surface area contributed by atoms with Crippen molar-refractivity contribution in [2.75, 3.05) is 12.2 Å². The van der Waals surface area contributed by atoms with Crippen LogP contribution in [0.15, 0.2) is 88.6 Å². The van der Waals surface area contributed by atoms with E-state index in [9.17, 15) is 9.59 Å². The van der Waals surface area contributed by atoms with E-state index in [4.69, 9.17) is 18.8 Å². The number of methoxy groups -OCH3 is 1. The van der Waals surface area contributed by atoms with E-state index in [1.807, 2.05) is 48.5 Å². The van der Waals surface area contributed by atoms with Crippen LogP contribution in [0.25, 0.3) is 0 Å². The molecule has 8 heteroatoms. The van der Waals surface area contributed by atoms with Crippen molar-refractivity contribution >= 4 is 23.3 Å². The molecule has 0 spiro atoms. The van der Waals surface area contributed by atoms with Crippen molar-refractivity contribution in [2.24, 2.45) is 5.16 Å². The molecule has 8 nitrogen and oxygen atoms in total. The summed E-state index contributed by atoms with van der Waals surface area (Å²) < 4.78 is 10.1. The minimum absolute atomic E-state index is 0.150. The maximum Gasteiger partial charge on any atom is 0.364 e. The van der Waals surface area contributed by atoms with E-state index in [1.165, 1.54) is 18.4 Å². The Morgan fingerprint density at radius 1 is 0.971 bits per heavy atom. The number of hydrogen-bond acceptors (Lipinski definition) is 7. The van der Waals surface area contributed by atoms with E-state index < -0.39 is 11.6 Å². The third-order valence-electron chi connectivity index (χ3n) is 5.62. The predicted molar refractivity (Wildman–Crippen MR) is 125 cm³/mol. The summed E-state index contributed by atoms with van der Waals surface area (Å²) >= 11 is 0. The predicted octanol–water partition coefficient (Wildman–Crippen LogP) is 4.65. The van der Waals surface area contributed by atoms with Crippen LogP contribution in [0.2, 0.25) is 0 Å². The van der Waals surface area contributed by atoms with Crippen molar-refractivity contribution in [3.05, 3.63) is 90.4 Å². The number of carbonyl (C=O) groups excluding carboxylic acids is 2. The zero-order valence-corrected chi connectivity index (χ0v) is 18.9. The Morgan fingerprint density at radius 3 is 2.26 bits per heavy atom. The second-order valence-corrected chi connectivity index (χ2v) is 7.90. The number of hydrogen-bond donors (Lipinski definition) is 0. The fraction of sp³-hybridized carbons (Fsp3) is 0.269. The Bertz CT molecular complexity index is 1110. The third kappa shape index (κ3) is 5.18. The van der Waals surface area contributed by atoms with Crippen LogP contribution < -0.4 is 5.06 Å². The zero-order chi connectivity index (χ0) is 23.8. The van der Waals surface area contributed by atoms with E-state index in [-0.39, 0.29) is 24.0 Å². The lowest BCUT2D eigenvalue weighted by molar-refractivity contribution is -0.152. The minimum Gasteiger partial charge on any atom is -0.464 e. The van der Waals surface area contributed by atoms with E-state index in [0.717, 1.165) is 18.4 Å². The largest absolute Gasteiger partial charge is 0.464 e. The maximum atomic E-state index is 13.9. The second kappa shape index (κ2) is 10.8. The van der Waals surface area contributed by atoms with Gasteiger partial charge in [0.25, 0.3) is 5.91 Å². The second-order valence-electron chi connectivity index (χ2n) is 7.90. The molecule has 1 aliphatic rings. The van der Waals surface area contributed by atoms with Gasteiger partial charge < -0.3 is 14.0 Å². The number of hydroxylamine groups is 1. The first kappa shape index (κ1) is 23.3. The fourth-order valence-electron chi connectivity index (χ4n) is 3.83. The van der Waals surface area contributed by atoms with Gasteiger partial charge >= 0.3 is 5.97 Å². The van der Waals surface area contributed by atoms with Crippen molar-refractivity contribution in [2.45, 2.75) is 37.9 Å². The Morgan fingerprint density at radius 2 is 1.65 bits per heavy atom. The summed E-state index contributed by atoms with van der Waals surface area (Å²) in [6, 6.07) is 21.9. The van der Waals surface area contributed by atoms with Gasteiger partial charge in [-0.3, -0.25) is 9.63 Å². The quantitative estimate of drug-likeness (QED) is 0.261. The molecule has 0 bridgehead atoms. The summed E-state index contributed by atoms with van der Waals surface area (Å²) in [4.78, 5) is 38.1. The first-order chi connectivity index (χ1) is 16.6. The molecule has 1 aromatic heterocycles. The highest BCUT2D eigenvalue weighted by atomic mass is 16.7. The normalized spacial score (nSPS) is 15.0. The van der Waals surface area contributed by atoms with Crippen molar-refractivity contribution in [1.29, 1.82) is 0 Å². The maximum absolute atomic E-state index is 13.9. The lowest BCUT2D eigenvalue weighted by atomic mass is 10.0. The van der Waals surface area contributed by atoms with Crippen LogP contribution in [0.4, 0.5) is 5.69 Å². The molecule has 1 aliphatic carbocycles. The fourth-order valence-corrected chi connectivity index (χ4v) is 3.83. The third-order valence-corrected chi connectivity index (χ3v) is 5.62. The van der Waals surface area contributed by atoms with Crippen LogP contribution >= 0.6 is 0 Å². The van der Waals surface area contributed by atoms with Crippen LogP contribution in [-0.4, -0.2) is 30.3 Å². The van der Waals surface area contributed by atoms with Crippen molar-refractivity contribution in [3.63, 3.8) is 0 Å². The molecule has 1 heterocycles. The molecule has 4 rings (SSSR count). The van der Waals surface area contributed by atoms with Gasteiger partial charge in [-0.05, 0) is 55.5 Å². The molecule has 0 saturated heterocycles. The van der Waals surface area contributed by atoms with Crippen LogP contribution in [0.5, 0.6) is 0 Å². The van der Waals surface area contributed by atoms with Crippen LogP contribution in [0.3, 0.4) is 0 Å². The number of amides is 1. The molecule has 2 aromatic carbocycles. The average Bonchev–Trinajstić information content (AvgIpc) is 3.59. The molecule has 1 fully saturated rings. The monoisotopic (exact) mass is 462 g/mol. The highest BCUT2D eigenvalue weighted by Crippen LogP contribution is 2.37. The first-order valence-corrected chi connectivity index (χ1v) is 11.1. The van der Waals surface area contributed by atoms with Crippen molar-refractivity contribution in [3.8, 4) is 0 Å². The van der Waals surface area contributed by atoms with Gasteiger partial charge in [0, 0.05) is 0 Å². The zero-order valence-electron chi connectivity index (χ0n) is 18.9. The number of carbonyl (C=O) groups is 2. The Labute approximate surface area is 197 Å². The number of benzene rings is 2. The number of furan rings is 1. The molecule has 0 radical (unpaired) electrons. The number of oxime groups is 1. The van der Waals surface area contributed by atoms with Crippen LogP contribution in [-0.2, 0) is 30.6 Å². The lowest BCUT2D eigenvalue weighted by Gasteiger charge is -2.31. The topological polar surface area (TPSA) is 90.6 Å². The van der Waals surface area contributed by atoms with E-state index >= 15 is 0 Å². The summed E-state index contributed by atoms with van der Waals surface area (Å²) in [5.74, 6) is -0.928. The summed E-state index contributed by atoms with van der Waals surface area (Å²) in [5.41, 5.74) is 0.0456. The summed E-state index contributed by atoms with van der Waals surface area (Å²) in [5, 5.41) is 5.31. The number of nitrogens with zero attached hydrogens (tertiary/aromatic N) is 2. The average molecular weight is 463 g/mol. The highest BCUT2D eigenvalue weighted by molar-refractivity contribution is 6.42. The van der Waals surface area contributed by atoms with Gasteiger partial charge in [0.15, 0.2) is 5.76 Å². The summed E-state index contributed by atoms with van der Waals surface area (Å²) in [6.07, 6.45) is 3.83. The Kier molecular flexibility index (Phi) is 7.39. The van der Waals surface area contributed by atoms with Gasteiger partial charge in [-0.25, -0.2) is 4.79 Å². The number of anilines is 1. The first-order valence-electron chi connectivity index (χ1n) is 11.1. The van der Waals surface area contributed by atoms with Gasteiger partial charge in [0.2, 0.25) is 11.3 Å². The molecule has 0 atom stereocenters. The molecule has 34 heavy (non-hydrogen) atoms. The Balaban J connectivity index is 1.63.